The molecule has 2 aromatic rings. The average Bonchev–Trinajstić information content (AvgIpc) is 2.61. The lowest BCUT2D eigenvalue weighted by Gasteiger charge is -2.15. The minimum Gasteiger partial charge on any atom is -0.497 e. The van der Waals surface area contributed by atoms with Crippen LogP contribution in [0.15, 0.2) is 48.5 Å². The van der Waals surface area contributed by atoms with Crippen LogP contribution >= 0.6 is 0 Å². The molecule has 24 heavy (non-hydrogen) atoms. The largest absolute Gasteiger partial charge is 0.497 e. The first-order valence-electron chi connectivity index (χ1n) is 8.33. The van der Waals surface area contributed by atoms with Crippen molar-refractivity contribution in [1.82, 2.24) is 0 Å². The van der Waals surface area contributed by atoms with Crippen molar-refractivity contribution in [2.24, 2.45) is 0 Å². The van der Waals surface area contributed by atoms with E-state index < -0.39 is 6.10 Å². The lowest BCUT2D eigenvalue weighted by Crippen LogP contribution is -2.30. The summed E-state index contributed by atoms with van der Waals surface area (Å²) in [7, 11) is 1.60. The van der Waals surface area contributed by atoms with Crippen LogP contribution < -0.4 is 14.8 Å². The van der Waals surface area contributed by atoms with Gasteiger partial charge in [-0.2, -0.15) is 0 Å². The Morgan fingerprint density at radius 3 is 2.50 bits per heavy atom. The number of methoxy groups -OCH3 is 1. The van der Waals surface area contributed by atoms with Gasteiger partial charge in [-0.05, 0) is 49.6 Å². The van der Waals surface area contributed by atoms with E-state index in [4.69, 9.17) is 9.47 Å². The number of anilines is 1. The number of benzene rings is 2. The number of aryl methyl sites for hydroxylation is 1. The molecule has 0 bridgehead atoms. The minimum atomic E-state index is -0.600. The van der Waals surface area contributed by atoms with Crippen LogP contribution in [0.4, 0.5) is 5.69 Å². The standard InChI is InChI=1S/C20H25NO3/c1-4-5-7-16-10-12-17(13-11-16)21-20(22)15(2)24-19-9-6-8-18(14-19)23-3/h6,8-15H,4-5,7H2,1-3H3,(H,21,22)/t15-/m1/s1. The molecule has 0 aliphatic carbocycles. The monoisotopic (exact) mass is 327 g/mol. The predicted molar refractivity (Wildman–Crippen MR) is 96.8 cm³/mol. The summed E-state index contributed by atoms with van der Waals surface area (Å²) in [5.41, 5.74) is 2.07. The fourth-order valence-electron chi connectivity index (χ4n) is 2.31. The molecule has 0 unspecified atom stereocenters. The molecule has 128 valence electrons. The summed E-state index contributed by atoms with van der Waals surface area (Å²) in [6.45, 7) is 3.91. The highest BCUT2D eigenvalue weighted by Gasteiger charge is 2.15. The molecule has 0 radical (unpaired) electrons. The highest BCUT2D eigenvalue weighted by molar-refractivity contribution is 5.94. The van der Waals surface area contributed by atoms with Gasteiger partial charge in [0.05, 0.1) is 7.11 Å². The highest BCUT2D eigenvalue weighted by atomic mass is 16.5. The van der Waals surface area contributed by atoms with Crippen molar-refractivity contribution < 1.29 is 14.3 Å². The second-order valence-corrected chi connectivity index (χ2v) is 5.73. The van der Waals surface area contributed by atoms with Gasteiger partial charge in [-0.25, -0.2) is 0 Å². The maximum absolute atomic E-state index is 12.3. The molecule has 0 saturated heterocycles. The van der Waals surface area contributed by atoms with Gasteiger partial charge in [0, 0.05) is 11.8 Å². The summed E-state index contributed by atoms with van der Waals surface area (Å²) in [6.07, 6.45) is 2.83. The number of nitrogens with one attached hydrogen (secondary N) is 1. The summed E-state index contributed by atoms with van der Waals surface area (Å²) in [6, 6.07) is 15.2. The average molecular weight is 327 g/mol. The zero-order valence-electron chi connectivity index (χ0n) is 14.5. The van der Waals surface area contributed by atoms with E-state index in [0.717, 1.165) is 12.1 Å². The Labute approximate surface area is 143 Å². The first-order chi connectivity index (χ1) is 11.6. The molecule has 0 spiro atoms. The predicted octanol–water partition coefficient (Wildman–Crippen LogP) is 4.44. The Morgan fingerprint density at radius 2 is 1.83 bits per heavy atom. The molecule has 4 nitrogen and oxygen atoms in total. The normalized spacial score (nSPS) is 11.6. The quantitative estimate of drug-likeness (QED) is 0.779. The Bertz CT molecular complexity index is 652. The third-order valence-electron chi connectivity index (χ3n) is 3.76. The fourth-order valence-corrected chi connectivity index (χ4v) is 2.31. The van der Waals surface area contributed by atoms with Gasteiger partial charge >= 0.3 is 0 Å². The second-order valence-electron chi connectivity index (χ2n) is 5.73. The zero-order chi connectivity index (χ0) is 17.4. The van der Waals surface area contributed by atoms with Gasteiger partial charge in [0.15, 0.2) is 6.10 Å². The maximum Gasteiger partial charge on any atom is 0.265 e. The van der Waals surface area contributed by atoms with Gasteiger partial charge in [0.1, 0.15) is 11.5 Å². The van der Waals surface area contributed by atoms with Crippen LogP contribution in [-0.2, 0) is 11.2 Å². The first-order valence-corrected chi connectivity index (χ1v) is 8.33. The van der Waals surface area contributed by atoms with E-state index in [1.54, 1.807) is 26.2 Å². The summed E-state index contributed by atoms with van der Waals surface area (Å²) in [5.74, 6) is 1.12. The molecule has 0 aliphatic rings. The highest BCUT2D eigenvalue weighted by Crippen LogP contribution is 2.20. The van der Waals surface area contributed by atoms with Gasteiger partial charge in [-0.1, -0.05) is 31.5 Å². The molecule has 2 aromatic carbocycles. The van der Waals surface area contributed by atoms with Crippen LogP contribution in [0.2, 0.25) is 0 Å². The van der Waals surface area contributed by atoms with Crippen LogP contribution in [-0.4, -0.2) is 19.1 Å². The van der Waals surface area contributed by atoms with Crippen LogP contribution in [0.3, 0.4) is 0 Å². The molecule has 0 aromatic heterocycles. The number of hydrogen-bond donors (Lipinski definition) is 1. The molecule has 1 atom stereocenters. The Morgan fingerprint density at radius 1 is 1.12 bits per heavy atom. The molecule has 1 amide bonds. The molecule has 1 N–H and O–H groups in total. The SMILES string of the molecule is CCCCc1ccc(NC(=O)[C@@H](C)Oc2cccc(OC)c2)cc1. The maximum atomic E-state index is 12.3. The Hall–Kier alpha value is -2.49. The third-order valence-corrected chi connectivity index (χ3v) is 3.76. The van der Waals surface area contributed by atoms with Crippen LogP contribution in [0.5, 0.6) is 11.5 Å². The van der Waals surface area contributed by atoms with E-state index in [-0.39, 0.29) is 5.91 Å². The van der Waals surface area contributed by atoms with Gasteiger partial charge in [0.2, 0.25) is 0 Å². The first kappa shape index (κ1) is 17.9. The number of rotatable bonds is 8. The number of unbranched alkanes of at least 4 members (excludes halogenated alkanes) is 1. The lowest BCUT2D eigenvalue weighted by molar-refractivity contribution is -0.122. The van der Waals surface area contributed by atoms with E-state index >= 15 is 0 Å². The molecule has 2 rings (SSSR count). The van der Waals surface area contributed by atoms with Crippen molar-refractivity contribution >= 4 is 11.6 Å². The van der Waals surface area contributed by atoms with E-state index in [0.29, 0.717) is 11.5 Å². The van der Waals surface area contributed by atoms with Gasteiger partial charge in [-0.15, -0.1) is 0 Å². The lowest BCUT2D eigenvalue weighted by atomic mass is 10.1. The molecular weight excluding hydrogens is 302 g/mol. The van der Waals surface area contributed by atoms with Crippen LogP contribution in [0, 0.1) is 0 Å². The van der Waals surface area contributed by atoms with Crippen molar-refractivity contribution in [2.75, 3.05) is 12.4 Å². The number of hydrogen-bond acceptors (Lipinski definition) is 3. The van der Waals surface area contributed by atoms with Gasteiger partial charge in [-0.3, -0.25) is 4.79 Å². The Balaban J connectivity index is 1.90. The zero-order valence-corrected chi connectivity index (χ0v) is 14.5. The van der Waals surface area contributed by atoms with Gasteiger partial charge < -0.3 is 14.8 Å². The molecule has 0 saturated carbocycles. The number of carbonyl (C=O) groups excluding carboxylic acids is 1. The second kappa shape index (κ2) is 8.96. The van der Waals surface area contributed by atoms with Crippen molar-refractivity contribution in [2.45, 2.75) is 39.2 Å². The molecule has 0 fully saturated rings. The summed E-state index contributed by atoms with van der Waals surface area (Å²) >= 11 is 0. The van der Waals surface area contributed by atoms with Gasteiger partial charge in [0.25, 0.3) is 5.91 Å². The van der Waals surface area contributed by atoms with Crippen molar-refractivity contribution in [1.29, 1.82) is 0 Å². The molecular formula is C20H25NO3. The molecule has 0 heterocycles. The van der Waals surface area contributed by atoms with Crippen molar-refractivity contribution in [3.8, 4) is 11.5 Å². The summed E-state index contributed by atoms with van der Waals surface area (Å²) in [5, 5.41) is 2.88. The van der Waals surface area contributed by atoms with E-state index in [9.17, 15) is 4.79 Å². The topological polar surface area (TPSA) is 47.6 Å². The van der Waals surface area contributed by atoms with Crippen molar-refractivity contribution in [3.63, 3.8) is 0 Å². The minimum absolute atomic E-state index is 0.181. The Kier molecular flexibility index (Phi) is 6.67. The van der Waals surface area contributed by atoms with E-state index in [1.165, 1.54) is 18.4 Å². The summed E-state index contributed by atoms with van der Waals surface area (Å²) < 4.78 is 10.8. The third kappa shape index (κ3) is 5.30. The van der Waals surface area contributed by atoms with E-state index in [1.807, 2.05) is 24.3 Å². The van der Waals surface area contributed by atoms with E-state index in [2.05, 4.69) is 24.4 Å². The number of carbonyl (C=O) groups is 1. The van der Waals surface area contributed by atoms with Crippen molar-refractivity contribution in [3.05, 3.63) is 54.1 Å². The molecule has 0 aliphatic heterocycles. The smallest absolute Gasteiger partial charge is 0.265 e. The number of amides is 1. The van der Waals surface area contributed by atoms with Crippen LogP contribution in [0.25, 0.3) is 0 Å². The molecule has 4 heteroatoms. The summed E-state index contributed by atoms with van der Waals surface area (Å²) in [4.78, 5) is 12.3. The number of ether oxygens (including phenoxy) is 2. The fraction of sp³-hybridized carbons (Fsp3) is 0.350. The van der Waals surface area contributed by atoms with Crippen LogP contribution in [0.1, 0.15) is 32.3 Å².